The second-order valence-electron chi connectivity index (χ2n) is 4.68. The van der Waals surface area contributed by atoms with Gasteiger partial charge in [-0.25, -0.2) is 0 Å². The summed E-state index contributed by atoms with van der Waals surface area (Å²) in [5.74, 6) is 0. The van der Waals surface area contributed by atoms with Crippen molar-refractivity contribution in [1.29, 1.82) is 0 Å². The summed E-state index contributed by atoms with van der Waals surface area (Å²) in [5.41, 5.74) is 3.09. The summed E-state index contributed by atoms with van der Waals surface area (Å²) >= 11 is 0. The van der Waals surface area contributed by atoms with Crippen LogP contribution >= 0.6 is 0 Å². The second kappa shape index (κ2) is 5.10. The summed E-state index contributed by atoms with van der Waals surface area (Å²) in [7, 11) is 1.83. The molecule has 3 nitrogen and oxygen atoms in total. The van der Waals surface area contributed by atoms with Crippen LogP contribution in [0.4, 0.5) is 0 Å². The molecule has 1 aliphatic heterocycles. The Bertz CT molecular complexity index is 244. The van der Waals surface area contributed by atoms with Crippen molar-refractivity contribution in [2.24, 2.45) is 0 Å². The molecule has 1 aliphatic carbocycles. The minimum Gasteiger partial charge on any atom is -0.380 e. The van der Waals surface area contributed by atoms with Crippen molar-refractivity contribution in [3.8, 4) is 0 Å². The highest BCUT2D eigenvalue weighted by atomic mass is 16.5. The normalized spacial score (nSPS) is 30.4. The number of hydrogen-bond donors (Lipinski definition) is 2. The van der Waals surface area contributed by atoms with Gasteiger partial charge in [0.25, 0.3) is 0 Å². The summed E-state index contributed by atoms with van der Waals surface area (Å²) in [6.45, 7) is 5.44. The molecule has 0 bridgehead atoms. The molecule has 0 aromatic carbocycles. The van der Waals surface area contributed by atoms with Crippen molar-refractivity contribution >= 4 is 0 Å². The highest BCUT2D eigenvalue weighted by Gasteiger charge is 2.26. The van der Waals surface area contributed by atoms with Gasteiger partial charge >= 0.3 is 0 Å². The topological polar surface area (TPSA) is 33.3 Å². The molecule has 0 aromatic rings. The molecule has 0 aromatic heterocycles. The van der Waals surface area contributed by atoms with Gasteiger partial charge in [-0.15, -0.1) is 0 Å². The molecule has 1 heterocycles. The molecule has 2 unspecified atom stereocenters. The molecule has 2 atom stereocenters. The van der Waals surface area contributed by atoms with Gasteiger partial charge in [-0.1, -0.05) is 5.57 Å². The quantitative estimate of drug-likeness (QED) is 0.681. The van der Waals surface area contributed by atoms with Crippen LogP contribution in [-0.4, -0.2) is 38.9 Å². The van der Waals surface area contributed by atoms with Gasteiger partial charge in [0.15, 0.2) is 0 Å². The fraction of sp³-hybridized carbons (Fsp3) is 0.833. The van der Waals surface area contributed by atoms with E-state index in [1.165, 1.54) is 24.8 Å². The maximum atomic E-state index is 5.47. The monoisotopic (exact) mass is 210 g/mol. The maximum absolute atomic E-state index is 5.47. The molecule has 2 rings (SSSR count). The van der Waals surface area contributed by atoms with Gasteiger partial charge in [0.2, 0.25) is 0 Å². The van der Waals surface area contributed by atoms with Gasteiger partial charge in [-0.05, 0) is 31.8 Å². The molecule has 86 valence electrons. The van der Waals surface area contributed by atoms with Crippen LogP contribution in [0.25, 0.3) is 0 Å². The molecule has 2 N–H and O–H groups in total. The zero-order valence-corrected chi connectivity index (χ0v) is 9.81. The first-order valence-corrected chi connectivity index (χ1v) is 5.95. The van der Waals surface area contributed by atoms with Gasteiger partial charge in [0.1, 0.15) is 0 Å². The number of hydrogen-bond acceptors (Lipinski definition) is 3. The van der Waals surface area contributed by atoms with Crippen LogP contribution in [0, 0.1) is 0 Å². The molecular weight excluding hydrogens is 188 g/mol. The Labute approximate surface area is 92.3 Å². The van der Waals surface area contributed by atoms with Crippen molar-refractivity contribution in [3.63, 3.8) is 0 Å². The van der Waals surface area contributed by atoms with Gasteiger partial charge in [0, 0.05) is 32.8 Å². The van der Waals surface area contributed by atoms with E-state index in [0.29, 0.717) is 12.1 Å². The van der Waals surface area contributed by atoms with E-state index in [4.69, 9.17) is 4.74 Å². The first kappa shape index (κ1) is 11.1. The van der Waals surface area contributed by atoms with Crippen molar-refractivity contribution < 1.29 is 4.74 Å². The number of rotatable bonds is 4. The van der Waals surface area contributed by atoms with Crippen molar-refractivity contribution in [3.05, 3.63) is 11.1 Å². The third-order valence-electron chi connectivity index (χ3n) is 3.67. The largest absolute Gasteiger partial charge is 0.380 e. The van der Waals surface area contributed by atoms with Crippen molar-refractivity contribution in [2.45, 2.75) is 38.3 Å². The Balaban J connectivity index is 1.77. The average Bonchev–Trinajstić information content (AvgIpc) is 2.58. The van der Waals surface area contributed by atoms with Crippen LogP contribution in [0.1, 0.15) is 26.2 Å². The second-order valence-corrected chi connectivity index (χ2v) is 4.68. The Hall–Kier alpha value is -0.380. The summed E-state index contributed by atoms with van der Waals surface area (Å²) < 4.78 is 5.47. The number of ether oxygens (including phenoxy) is 1. The molecule has 1 saturated carbocycles. The van der Waals surface area contributed by atoms with E-state index in [-0.39, 0.29) is 0 Å². The van der Waals surface area contributed by atoms with E-state index in [1.807, 2.05) is 7.11 Å². The Morgan fingerprint density at radius 2 is 2.27 bits per heavy atom. The molecule has 1 saturated heterocycles. The summed E-state index contributed by atoms with van der Waals surface area (Å²) in [5, 5.41) is 6.90. The summed E-state index contributed by atoms with van der Waals surface area (Å²) in [6, 6.07) is 0.568. The smallest absolute Gasteiger partial charge is 0.0724 e. The Morgan fingerprint density at radius 3 is 2.87 bits per heavy atom. The molecule has 3 heteroatoms. The Morgan fingerprint density at radius 1 is 1.47 bits per heavy atom. The third kappa shape index (κ3) is 2.60. The molecule has 0 radical (unpaired) electrons. The van der Waals surface area contributed by atoms with Gasteiger partial charge in [-0.2, -0.15) is 0 Å². The van der Waals surface area contributed by atoms with E-state index < -0.39 is 0 Å². The highest BCUT2D eigenvalue weighted by molar-refractivity contribution is 5.22. The van der Waals surface area contributed by atoms with Crippen LogP contribution in [0.5, 0.6) is 0 Å². The van der Waals surface area contributed by atoms with E-state index in [1.54, 1.807) is 5.57 Å². The molecule has 0 amide bonds. The lowest BCUT2D eigenvalue weighted by atomic mass is 10.0. The zero-order chi connectivity index (χ0) is 10.7. The molecule has 2 fully saturated rings. The number of nitrogens with one attached hydrogen (secondary N) is 2. The first-order valence-electron chi connectivity index (χ1n) is 5.95. The average molecular weight is 210 g/mol. The standard InChI is InChI=1S/C12H22N2O/c1-9(10-7-13-8-10)6-14-11-4-3-5-12(11)15-2/h11-14H,3-8H2,1-2H3. The summed E-state index contributed by atoms with van der Waals surface area (Å²) in [6.07, 6.45) is 4.21. The van der Waals surface area contributed by atoms with Crippen LogP contribution in [-0.2, 0) is 4.74 Å². The fourth-order valence-corrected chi connectivity index (χ4v) is 2.40. The molecule has 0 spiro atoms. The van der Waals surface area contributed by atoms with Crippen LogP contribution in [0.3, 0.4) is 0 Å². The predicted molar refractivity (Wildman–Crippen MR) is 62.0 cm³/mol. The minimum atomic E-state index is 0.433. The highest BCUT2D eigenvalue weighted by Crippen LogP contribution is 2.21. The SMILES string of the molecule is COC1CCCC1NCC(C)=C1CNC1. The molecule has 15 heavy (non-hydrogen) atoms. The van der Waals surface area contributed by atoms with Crippen LogP contribution in [0.15, 0.2) is 11.1 Å². The van der Waals surface area contributed by atoms with Crippen molar-refractivity contribution in [2.75, 3.05) is 26.7 Å². The van der Waals surface area contributed by atoms with E-state index in [9.17, 15) is 0 Å². The van der Waals surface area contributed by atoms with E-state index >= 15 is 0 Å². The van der Waals surface area contributed by atoms with Gasteiger partial charge < -0.3 is 15.4 Å². The third-order valence-corrected chi connectivity index (χ3v) is 3.67. The molecular formula is C12H22N2O. The van der Waals surface area contributed by atoms with Crippen molar-refractivity contribution in [1.82, 2.24) is 10.6 Å². The molecule has 2 aliphatic rings. The fourth-order valence-electron chi connectivity index (χ4n) is 2.40. The predicted octanol–water partition coefficient (Wildman–Crippen LogP) is 1.06. The maximum Gasteiger partial charge on any atom is 0.0724 e. The van der Waals surface area contributed by atoms with Crippen LogP contribution < -0.4 is 10.6 Å². The minimum absolute atomic E-state index is 0.433. The summed E-state index contributed by atoms with van der Waals surface area (Å²) in [4.78, 5) is 0. The lowest BCUT2D eigenvalue weighted by Crippen LogP contribution is -2.40. The van der Waals surface area contributed by atoms with E-state index in [2.05, 4.69) is 17.6 Å². The lowest BCUT2D eigenvalue weighted by Gasteiger charge is -2.24. The first-order chi connectivity index (χ1) is 7.31. The van der Waals surface area contributed by atoms with E-state index in [0.717, 1.165) is 19.6 Å². The number of methoxy groups -OCH3 is 1. The van der Waals surface area contributed by atoms with Crippen LogP contribution in [0.2, 0.25) is 0 Å². The lowest BCUT2D eigenvalue weighted by molar-refractivity contribution is 0.0861. The van der Waals surface area contributed by atoms with Gasteiger partial charge in [0.05, 0.1) is 6.10 Å². The zero-order valence-electron chi connectivity index (χ0n) is 9.81. The van der Waals surface area contributed by atoms with Gasteiger partial charge in [-0.3, -0.25) is 0 Å². The Kier molecular flexibility index (Phi) is 3.78.